The van der Waals surface area contributed by atoms with Crippen molar-refractivity contribution in [3.8, 4) is 0 Å². The quantitative estimate of drug-likeness (QED) is 0.935. The number of fused-ring (bicyclic) bond motifs is 1. The summed E-state index contributed by atoms with van der Waals surface area (Å²) in [5, 5.41) is 7.98. The van der Waals surface area contributed by atoms with Gasteiger partial charge in [-0.25, -0.2) is 0 Å². The van der Waals surface area contributed by atoms with Crippen molar-refractivity contribution < 1.29 is 0 Å². The van der Waals surface area contributed by atoms with E-state index in [-0.39, 0.29) is 0 Å². The first-order valence-electron chi connectivity index (χ1n) is 7.95. The summed E-state index contributed by atoms with van der Waals surface area (Å²) >= 11 is 0. The summed E-state index contributed by atoms with van der Waals surface area (Å²) < 4.78 is 1.95. The lowest BCUT2D eigenvalue weighted by Crippen LogP contribution is -2.33. The molecule has 2 saturated heterocycles. The van der Waals surface area contributed by atoms with Crippen LogP contribution < -0.4 is 5.32 Å². The fourth-order valence-electron chi connectivity index (χ4n) is 3.75. The van der Waals surface area contributed by atoms with Gasteiger partial charge in [-0.15, -0.1) is 0 Å². The van der Waals surface area contributed by atoms with Gasteiger partial charge in [-0.05, 0) is 49.6 Å². The van der Waals surface area contributed by atoms with Crippen molar-refractivity contribution in [2.75, 3.05) is 18.4 Å². The Kier molecular flexibility index (Phi) is 3.39. The van der Waals surface area contributed by atoms with Gasteiger partial charge in [-0.1, -0.05) is 12.1 Å². The van der Waals surface area contributed by atoms with Gasteiger partial charge in [-0.2, -0.15) is 5.10 Å². The Morgan fingerprint density at radius 2 is 2.05 bits per heavy atom. The van der Waals surface area contributed by atoms with Gasteiger partial charge in [0, 0.05) is 36.7 Å². The van der Waals surface area contributed by atoms with Crippen LogP contribution in [0.25, 0.3) is 0 Å². The predicted molar refractivity (Wildman–Crippen MR) is 84.4 cm³/mol. The lowest BCUT2D eigenvalue weighted by atomic mass is 10.1. The van der Waals surface area contributed by atoms with Crippen LogP contribution in [0.15, 0.2) is 42.7 Å². The third-order valence-corrected chi connectivity index (χ3v) is 4.82. The molecule has 2 aliphatic rings. The third kappa shape index (κ3) is 2.68. The van der Waals surface area contributed by atoms with Crippen LogP contribution in [-0.2, 0) is 6.54 Å². The summed E-state index contributed by atoms with van der Waals surface area (Å²) in [5.41, 5.74) is 2.54. The highest BCUT2D eigenvalue weighted by Crippen LogP contribution is 2.30. The monoisotopic (exact) mass is 282 g/mol. The highest BCUT2D eigenvalue weighted by molar-refractivity contribution is 5.46. The lowest BCUT2D eigenvalue weighted by Gasteiger charge is -2.22. The molecule has 21 heavy (non-hydrogen) atoms. The average Bonchev–Trinajstić information content (AvgIpc) is 3.21. The smallest absolute Gasteiger partial charge is 0.0659 e. The van der Waals surface area contributed by atoms with Crippen LogP contribution in [0, 0.1) is 0 Å². The Hall–Kier alpha value is -1.81. The molecule has 0 aliphatic carbocycles. The van der Waals surface area contributed by atoms with E-state index in [4.69, 9.17) is 0 Å². The van der Waals surface area contributed by atoms with E-state index >= 15 is 0 Å². The maximum absolute atomic E-state index is 4.25. The molecule has 0 amide bonds. The molecule has 0 spiro atoms. The van der Waals surface area contributed by atoms with Gasteiger partial charge >= 0.3 is 0 Å². The largest absolute Gasteiger partial charge is 0.381 e. The SMILES string of the molecule is c1cnn(Cc2ccc(NC3CCN4CCCC34)cc2)c1. The Morgan fingerprint density at radius 1 is 1.14 bits per heavy atom. The summed E-state index contributed by atoms with van der Waals surface area (Å²) in [6.07, 6.45) is 7.82. The van der Waals surface area contributed by atoms with Crippen molar-refractivity contribution in [1.82, 2.24) is 14.7 Å². The van der Waals surface area contributed by atoms with Gasteiger partial charge in [0.25, 0.3) is 0 Å². The lowest BCUT2D eigenvalue weighted by molar-refractivity contribution is 0.318. The molecule has 4 rings (SSSR count). The molecule has 3 heterocycles. The van der Waals surface area contributed by atoms with Gasteiger partial charge in [0.1, 0.15) is 0 Å². The van der Waals surface area contributed by atoms with Crippen molar-refractivity contribution in [3.05, 3.63) is 48.3 Å². The number of hydrogen-bond acceptors (Lipinski definition) is 3. The van der Waals surface area contributed by atoms with E-state index in [1.807, 2.05) is 23.1 Å². The standard InChI is InChI=1S/C17H22N4/c1-3-17-16(8-12-20(17)10-1)19-15-6-4-14(5-7-15)13-21-11-2-9-18-21/h2,4-7,9,11,16-17,19H,1,3,8,10,12-13H2. The van der Waals surface area contributed by atoms with Crippen LogP contribution in [0.3, 0.4) is 0 Å². The molecule has 0 saturated carbocycles. The van der Waals surface area contributed by atoms with Crippen LogP contribution in [0.5, 0.6) is 0 Å². The molecular formula is C17H22N4. The second kappa shape index (κ2) is 5.53. The maximum atomic E-state index is 4.25. The Bertz CT molecular complexity index is 575. The number of nitrogens with one attached hydrogen (secondary N) is 1. The van der Waals surface area contributed by atoms with Crippen molar-refractivity contribution >= 4 is 5.69 Å². The minimum atomic E-state index is 0.629. The molecule has 1 N–H and O–H groups in total. The highest BCUT2D eigenvalue weighted by atomic mass is 15.3. The van der Waals surface area contributed by atoms with Crippen LogP contribution in [0.1, 0.15) is 24.8 Å². The van der Waals surface area contributed by atoms with Gasteiger partial charge in [0.2, 0.25) is 0 Å². The number of rotatable bonds is 4. The fraction of sp³-hybridized carbons (Fsp3) is 0.471. The molecule has 0 bridgehead atoms. The summed E-state index contributed by atoms with van der Waals surface area (Å²) in [4.78, 5) is 2.64. The van der Waals surface area contributed by atoms with E-state index in [0.717, 1.165) is 12.6 Å². The Morgan fingerprint density at radius 3 is 2.86 bits per heavy atom. The van der Waals surface area contributed by atoms with Crippen LogP contribution >= 0.6 is 0 Å². The average molecular weight is 282 g/mol. The van der Waals surface area contributed by atoms with Crippen molar-refractivity contribution in [3.63, 3.8) is 0 Å². The van der Waals surface area contributed by atoms with Gasteiger partial charge in [0.05, 0.1) is 6.54 Å². The van der Waals surface area contributed by atoms with Crippen molar-refractivity contribution in [1.29, 1.82) is 0 Å². The number of benzene rings is 1. The molecule has 2 atom stereocenters. The van der Waals surface area contributed by atoms with Crippen LogP contribution in [-0.4, -0.2) is 39.9 Å². The third-order valence-electron chi connectivity index (χ3n) is 4.82. The molecule has 4 heteroatoms. The van der Waals surface area contributed by atoms with E-state index < -0.39 is 0 Å². The van der Waals surface area contributed by atoms with Crippen molar-refractivity contribution in [2.45, 2.75) is 37.9 Å². The van der Waals surface area contributed by atoms with Crippen LogP contribution in [0.4, 0.5) is 5.69 Å². The molecule has 1 aromatic carbocycles. The molecule has 2 aliphatic heterocycles. The first kappa shape index (κ1) is 12.9. The van der Waals surface area contributed by atoms with E-state index in [0.29, 0.717) is 6.04 Å². The highest BCUT2D eigenvalue weighted by Gasteiger charge is 2.36. The number of hydrogen-bond donors (Lipinski definition) is 1. The molecular weight excluding hydrogens is 260 g/mol. The zero-order valence-corrected chi connectivity index (χ0v) is 12.3. The first-order chi connectivity index (χ1) is 10.4. The Labute approximate surface area is 125 Å². The number of aromatic nitrogens is 2. The first-order valence-corrected chi connectivity index (χ1v) is 7.95. The molecule has 110 valence electrons. The summed E-state index contributed by atoms with van der Waals surface area (Å²) in [6.45, 7) is 3.40. The summed E-state index contributed by atoms with van der Waals surface area (Å²) in [5.74, 6) is 0. The second-order valence-electron chi connectivity index (χ2n) is 6.19. The normalized spacial score (nSPS) is 25.1. The molecule has 2 aromatic rings. The zero-order valence-electron chi connectivity index (χ0n) is 12.3. The summed E-state index contributed by atoms with van der Waals surface area (Å²) in [7, 11) is 0. The van der Waals surface area contributed by atoms with Crippen LogP contribution in [0.2, 0.25) is 0 Å². The van der Waals surface area contributed by atoms with E-state index in [2.05, 4.69) is 39.6 Å². The van der Waals surface area contributed by atoms with Gasteiger partial charge in [0.15, 0.2) is 0 Å². The Balaban J connectivity index is 1.40. The fourth-order valence-corrected chi connectivity index (χ4v) is 3.75. The van der Waals surface area contributed by atoms with E-state index in [1.54, 1.807) is 0 Å². The number of nitrogens with zero attached hydrogens (tertiary/aromatic N) is 3. The zero-order chi connectivity index (χ0) is 14.1. The van der Waals surface area contributed by atoms with E-state index in [1.165, 1.54) is 43.6 Å². The molecule has 1 aromatic heterocycles. The molecule has 4 nitrogen and oxygen atoms in total. The maximum Gasteiger partial charge on any atom is 0.0659 e. The minimum absolute atomic E-state index is 0.629. The topological polar surface area (TPSA) is 33.1 Å². The predicted octanol–water partition coefficient (Wildman–Crippen LogP) is 2.58. The van der Waals surface area contributed by atoms with Gasteiger partial charge in [-0.3, -0.25) is 9.58 Å². The molecule has 0 radical (unpaired) electrons. The van der Waals surface area contributed by atoms with E-state index in [9.17, 15) is 0 Å². The minimum Gasteiger partial charge on any atom is -0.381 e. The second-order valence-corrected chi connectivity index (χ2v) is 6.19. The molecule has 2 unspecified atom stereocenters. The van der Waals surface area contributed by atoms with Gasteiger partial charge < -0.3 is 5.32 Å². The number of anilines is 1. The van der Waals surface area contributed by atoms with Crippen molar-refractivity contribution in [2.24, 2.45) is 0 Å². The summed E-state index contributed by atoms with van der Waals surface area (Å²) in [6, 6.07) is 12.2. The molecule has 2 fully saturated rings.